The van der Waals surface area contributed by atoms with Crippen LogP contribution >= 0.6 is 23.4 Å². The average Bonchev–Trinajstić information content (AvgIpc) is 2.67. The lowest BCUT2D eigenvalue weighted by atomic mass is 10.1. The molecule has 2 amide bonds. The maximum atomic E-state index is 13.7. The van der Waals surface area contributed by atoms with Gasteiger partial charge in [0.2, 0.25) is 11.8 Å². The molecule has 1 atom stereocenters. The number of rotatable bonds is 9. The van der Waals surface area contributed by atoms with E-state index in [0.717, 1.165) is 5.56 Å². The number of benzene rings is 2. The molecule has 0 spiro atoms. The molecule has 0 bridgehead atoms. The number of nitrogens with zero attached hydrogens (tertiary/aromatic N) is 1. The van der Waals surface area contributed by atoms with Crippen molar-refractivity contribution in [2.45, 2.75) is 32.2 Å². The number of carbonyl (C=O) groups is 2. The first-order chi connectivity index (χ1) is 13.4. The molecule has 0 radical (unpaired) electrons. The summed E-state index contributed by atoms with van der Waals surface area (Å²) in [6, 6.07) is 13.1. The number of thioether (sulfide) groups is 1. The van der Waals surface area contributed by atoms with Gasteiger partial charge in [-0.3, -0.25) is 9.59 Å². The molecule has 0 aliphatic heterocycles. The zero-order valence-corrected chi connectivity index (χ0v) is 17.5. The van der Waals surface area contributed by atoms with Gasteiger partial charge in [-0.05, 0) is 43.2 Å². The molecule has 4 nitrogen and oxygen atoms in total. The van der Waals surface area contributed by atoms with Crippen LogP contribution in [0.15, 0.2) is 48.5 Å². The Hall–Kier alpha value is -2.05. The van der Waals surface area contributed by atoms with Crippen molar-refractivity contribution in [2.24, 2.45) is 0 Å². The van der Waals surface area contributed by atoms with Crippen LogP contribution < -0.4 is 5.32 Å². The van der Waals surface area contributed by atoms with Crippen molar-refractivity contribution in [3.05, 3.63) is 70.5 Å². The monoisotopic (exact) mass is 422 g/mol. The van der Waals surface area contributed by atoms with Crippen molar-refractivity contribution >= 4 is 35.2 Å². The van der Waals surface area contributed by atoms with Crippen molar-refractivity contribution in [2.75, 3.05) is 12.3 Å². The highest BCUT2D eigenvalue weighted by Gasteiger charge is 2.25. The number of nitrogens with one attached hydrogen (secondary N) is 1. The minimum absolute atomic E-state index is 0.151. The molecule has 0 fully saturated rings. The average molecular weight is 423 g/mol. The van der Waals surface area contributed by atoms with Crippen LogP contribution in [0.3, 0.4) is 0 Å². The third-order valence-electron chi connectivity index (χ3n) is 4.20. The lowest BCUT2D eigenvalue weighted by Gasteiger charge is -2.28. The van der Waals surface area contributed by atoms with E-state index in [9.17, 15) is 14.0 Å². The van der Waals surface area contributed by atoms with Crippen molar-refractivity contribution < 1.29 is 14.0 Å². The number of likely N-dealkylation sites (N-methyl/N-ethyl adjacent to an activating group) is 1. The van der Waals surface area contributed by atoms with Gasteiger partial charge in [-0.2, -0.15) is 0 Å². The van der Waals surface area contributed by atoms with Gasteiger partial charge in [0.1, 0.15) is 11.9 Å². The first-order valence-electron chi connectivity index (χ1n) is 9.05. The van der Waals surface area contributed by atoms with Gasteiger partial charge in [0.25, 0.3) is 0 Å². The van der Waals surface area contributed by atoms with Gasteiger partial charge < -0.3 is 10.2 Å². The molecule has 0 unspecified atom stereocenters. The molecule has 0 saturated heterocycles. The van der Waals surface area contributed by atoms with Crippen LogP contribution in [-0.2, 0) is 21.9 Å². The molecule has 2 rings (SSSR count). The number of halogens is 2. The SMILES string of the molecule is CCNC(=O)[C@@H](C)N(Cc1cccc(Cl)c1)C(=O)CSCc1ccccc1F. The Balaban J connectivity index is 2.07. The summed E-state index contributed by atoms with van der Waals surface area (Å²) in [6.07, 6.45) is 0. The summed E-state index contributed by atoms with van der Waals surface area (Å²) in [6.45, 7) is 4.30. The predicted molar refractivity (Wildman–Crippen MR) is 113 cm³/mol. The Morgan fingerprint density at radius 3 is 2.64 bits per heavy atom. The fourth-order valence-electron chi connectivity index (χ4n) is 2.68. The van der Waals surface area contributed by atoms with E-state index in [1.807, 2.05) is 19.1 Å². The topological polar surface area (TPSA) is 49.4 Å². The van der Waals surface area contributed by atoms with Gasteiger partial charge >= 0.3 is 0 Å². The molecule has 2 aromatic rings. The standard InChI is InChI=1S/C21H24ClFN2O2S/c1-3-24-21(27)15(2)25(12-16-7-6-9-18(22)11-16)20(26)14-28-13-17-8-4-5-10-19(17)23/h4-11,15H,3,12-14H2,1-2H3,(H,24,27)/t15-/m1/s1. The van der Waals surface area contributed by atoms with E-state index < -0.39 is 6.04 Å². The van der Waals surface area contributed by atoms with Gasteiger partial charge in [0.05, 0.1) is 5.75 Å². The molecule has 0 saturated carbocycles. The lowest BCUT2D eigenvalue weighted by molar-refractivity contribution is -0.138. The van der Waals surface area contributed by atoms with Crippen molar-refractivity contribution in [1.82, 2.24) is 10.2 Å². The van der Waals surface area contributed by atoms with Crippen LogP contribution in [-0.4, -0.2) is 35.1 Å². The second-order valence-electron chi connectivity index (χ2n) is 6.31. The molecule has 0 aliphatic carbocycles. The van der Waals surface area contributed by atoms with E-state index in [0.29, 0.717) is 22.9 Å². The van der Waals surface area contributed by atoms with Crippen LogP contribution in [0.5, 0.6) is 0 Å². The van der Waals surface area contributed by atoms with E-state index in [-0.39, 0.29) is 29.9 Å². The van der Waals surface area contributed by atoms with Gasteiger partial charge in [0.15, 0.2) is 0 Å². The summed E-state index contributed by atoms with van der Waals surface area (Å²) in [4.78, 5) is 26.7. The molecular formula is C21H24ClFN2O2S. The minimum Gasteiger partial charge on any atom is -0.355 e. The third kappa shape index (κ3) is 6.53. The second kappa shape index (κ2) is 11.1. The van der Waals surface area contributed by atoms with Crippen LogP contribution in [0.1, 0.15) is 25.0 Å². The Morgan fingerprint density at radius 1 is 1.21 bits per heavy atom. The molecule has 150 valence electrons. The second-order valence-corrected chi connectivity index (χ2v) is 7.73. The van der Waals surface area contributed by atoms with E-state index in [2.05, 4.69) is 5.32 Å². The van der Waals surface area contributed by atoms with E-state index >= 15 is 0 Å². The summed E-state index contributed by atoms with van der Waals surface area (Å²) in [5.74, 6) is -0.136. The fourth-order valence-corrected chi connectivity index (χ4v) is 3.79. The molecule has 1 N–H and O–H groups in total. The molecular weight excluding hydrogens is 399 g/mol. The van der Waals surface area contributed by atoms with Gasteiger partial charge in [-0.1, -0.05) is 41.9 Å². The maximum absolute atomic E-state index is 13.7. The third-order valence-corrected chi connectivity index (χ3v) is 5.40. The number of carbonyl (C=O) groups excluding carboxylic acids is 2. The highest BCUT2D eigenvalue weighted by molar-refractivity contribution is 7.99. The lowest BCUT2D eigenvalue weighted by Crippen LogP contribution is -2.48. The molecule has 0 aliphatic rings. The largest absolute Gasteiger partial charge is 0.355 e. The number of hydrogen-bond acceptors (Lipinski definition) is 3. The number of hydrogen-bond donors (Lipinski definition) is 1. The van der Waals surface area contributed by atoms with E-state index in [4.69, 9.17) is 11.6 Å². The first-order valence-corrected chi connectivity index (χ1v) is 10.6. The molecule has 2 aromatic carbocycles. The fraction of sp³-hybridized carbons (Fsp3) is 0.333. The van der Waals surface area contributed by atoms with Gasteiger partial charge in [0, 0.05) is 23.9 Å². The Kier molecular flexibility index (Phi) is 8.80. The Morgan fingerprint density at radius 2 is 1.96 bits per heavy atom. The van der Waals surface area contributed by atoms with Crippen molar-refractivity contribution in [3.8, 4) is 0 Å². The maximum Gasteiger partial charge on any atom is 0.242 e. The van der Waals surface area contributed by atoms with Crippen LogP contribution in [0.25, 0.3) is 0 Å². The summed E-state index contributed by atoms with van der Waals surface area (Å²) < 4.78 is 13.7. The molecule has 28 heavy (non-hydrogen) atoms. The normalized spacial score (nSPS) is 11.7. The van der Waals surface area contributed by atoms with Gasteiger partial charge in [-0.15, -0.1) is 11.8 Å². The zero-order chi connectivity index (χ0) is 20.5. The predicted octanol–water partition coefficient (Wildman–Crippen LogP) is 4.27. The van der Waals surface area contributed by atoms with E-state index in [1.54, 1.807) is 37.3 Å². The smallest absolute Gasteiger partial charge is 0.242 e. The van der Waals surface area contributed by atoms with Crippen molar-refractivity contribution in [3.63, 3.8) is 0 Å². The Labute approximate surface area is 174 Å². The van der Waals surface area contributed by atoms with Crippen LogP contribution in [0, 0.1) is 5.82 Å². The van der Waals surface area contributed by atoms with Crippen LogP contribution in [0.2, 0.25) is 5.02 Å². The number of amides is 2. The minimum atomic E-state index is -0.625. The summed E-state index contributed by atoms with van der Waals surface area (Å²) in [5.41, 5.74) is 1.40. The molecule has 7 heteroatoms. The van der Waals surface area contributed by atoms with Crippen LogP contribution in [0.4, 0.5) is 4.39 Å². The zero-order valence-electron chi connectivity index (χ0n) is 16.0. The highest BCUT2D eigenvalue weighted by Crippen LogP contribution is 2.19. The molecule has 0 aromatic heterocycles. The first kappa shape index (κ1) is 22.2. The quantitative estimate of drug-likeness (QED) is 0.656. The summed E-state index contributed by atoms with van der Waals surface area (Å²) in [5, 5.41) is 3.33. The summed E-state index contributed by atoms with van der Waals surface area (Å²) in [7, 11) is 0. The van der Waals surface area contributed by atoms with Gasteiger partial charge in [-0.25, -0.2) is 4.39 Å². The van der Waals surface area contributed by atoms with Crippen molar-refractivity contribution in [1.29, 1.82) is 0 Å². The Bertz CT molecular complexity index is 818. The highest BCUT2D eigenvalue weighted by atomic mass is 35.5. The van der Waals surface area contributed by atoms with E-state index in [1.165, 1.54) is 22.7 Å². The molecule has 0 heterocycles. The summed E-state index contributed by atoms with van der Waals surface area (Å²) >= 11 is 7.37.